The van der Waals surface area contributed by atoms with Gasteiger partial charge in [0.1, 0.15) is 6.61 Å². The van der Waals surface area contributed by atoms with Gasteiger partial charge in [0.2, 0.25) is 5.91 Å². The zero-order chi connectivity index (χ0) is 20.6. The summed E-state index contributed by atoms with van der Waals surface area (Å²) in [5.41, 5.74) is 0.752. The molecule has 0 saturated carbocycles. The minimum Gasteiger partial charge on any atom is -0.493 e. The summed E-state index contributed by atoms with van der Waals surface area (Å²) in [6.07, 6.45) is 0. The predicted molar refractivity (Wildman–Crippen MR) is 117 cm³/mol. The van der Waals surface area contributed by atoms with Crippen molar-refractivity contribution < 1.29 is 14.3 Å². The summed E-state index contributed by atoms with van der Waals surface area (Å²) in [5.74, 6) is 2.13. The van der Waals surface area contributed by atoms with Crippen molar-refractivity contribution in [1.29, 1.82) is 0 Å². The number of para-hydroxylation sites is 2. The summed E-state index contributed by atoms with van der Waals surface area (Å²) in [6, 6.07) is 14.9. The highest BCUT2D eigenvalue weighted by atomic mass is 79.9. The Morgan fingerprint density at radius 3 is 2.55 bits per heavy atom. The molecule has 1 amide bonds. The van der Waals surface area contributed by atoms with E-state index in [2.05, 4.69) is 31.4 Å². The molecule has 9 heteroatoms. The minimum atomic E-state index is -0.102. The number of hydrogen-bond donors (Lipinski definition) is 1. The fourth-order valence-corrected chi connectivity index (χ4v) is 3.68. The van der Waals surface area contributed by atoms with Gasteiger partial charge in [0, 0.05) is 16.7 Å². The van der Waals surface area contributed by atoms with Crippen LogP contribution in [0.15, 0.2) is 58.2 Å². The van der Waals surface area contributed by atoms with Gasteiger partial charge in [-0.25, -0.2) is 0 Å². The summed E-state index contributed by atoms with van der Waals surface area (Å²) < 4.78 is 14.0. The molecule has 1 N–H and O–H groups in total. The highest BCUT2D eigenvalue weighted by Crippen LogP contribution is 2.27. The number of amides is 1. The standard InChI is InChI=1S/C20H21BrN4O3S/c1-3-25-18(12-28-17-7-5-4-6-16(17)27-2)23-24-20(25)29-13-19(26)22-15-10-8-14(21)9-11-15/h4-11H,3,12-13H2,1-2H3,(H,22,26). The lowest BCUT2D eigenvalue weighted by atomic mass is 10.3. The first-order valence-electron chi connectivity index (χ1n) is 8.96. The molecule has 0 aliphatic carbocycles. The van der Waals surface area contributed by atoms with Gasteiger partial charge < -0.3 is 19.4 Å². The van der Waals surface area contributed by atoms with E-state index in [1.807, 2.05) is 60.0 Å². The molecule has 3 rings (SSSR count). The number of methoxy groups -OCH3 is 1. The van der Waals surface area contributed by atoms with Gasteiger partial charge in [-0.05, 0) is 43.3 Å². The molecule has 0 atom stereocenters. The van der Waals surface area contributed by atoms with Crippen LogP contribution < -0.4 is 14.8 Å². The first kappa shape index (κ1) is 21.2. The second-order valence-electron chi connectivity index (χ2n) is 5.93. The minimum absolute atomic E-state index is 0.102. The number of halogens is 1. The first-order valence-corrected chi connectivity index (χ1v) is 10.7. The Balaban J connectivity index is 1.58. The largest absolute Gasteiger partial charge is 0.493 e. The van der Waals surface area contributed by atoms with Gasteiger partial charge in [-0.3, -0.25) is 4.79 Å². The average Bonchev–Trinajstić information content (AvgIpc) is 3.14. The molecule has 3 aromatic rings. The third-order valence-electron chi connectivity index (χ3n) is 4.00. The number of ether oxygens (including phenoxy) is 2. The molecule has 0 bridgehead atoms. The number of aromatic nitrogens is 3. The first-order chi connectivity index (χ1) is 14.1. The third-order valence-corrected chi connectivity index (χ3v) is 5.49. The lowest BCUT2D eigenvalue weighted by Crippen LogP contribution is -2.14. The Labute approximate surface area is 181 Å². The maximum Gasteiger partial charge on any atom is 0.234 e. The molecule has 0 saturated heterocycles. The number of carbonyl (C=O) groups is 1. The normalized spacial score (nSPS) is 10.6. The molecule has 29 heavy (non-hydrogen) atoms. The van der Waals surface area contributed by atoms with Crippen LogP contribution in [0, 0.1) is 0 Å². The summed E-state index contributed by atoms with van der Waals surface area (Å²) in [7, 11) is 1.60. The number of carbonyl (C=O) groups excluding carboxylic acids is 1. The molecule has 2 aromatic carbocycles. The third kappa shape index (κ3) is 5.74. The molecular weight excluding hydrogens is 456 g/mol. The van der Waals surface area contributed by atoms with Crippen molar-refractivity contribution in [2.75, 3.05) is 18.2 Å². The summed E-state index contributed by atoms with van der Waals surface area (Å²) in [6.45, 7) is 2.93. The lowest BCUT2D eigenvalue weighted by molar-refractivity contribution is -0.113. The van der Waals surface area contributed by atoms with E-state index in [4.69, 9.17) is 9.47 Å². The summed E-state index contributed by atoms with van der Waals surface area (Å²) in [5, 5.41) is 12.0. The highest BCUT2D eigenvalue weighted by Gasteiger charge is 2.14. The molecule has 0 unspecified atom stereocenters. The Morgan fingerprint density at radius 1 is 1.14 bits per heavy atom. The van der Waals surface area contributed by atoms with Crippen molar-refractivity contribution in [3.05, 3.63) is 58.8 Å². The van der Waals surface area contributed by atoms with E-state index in [0.29, 0.717) is 29.0 Å². The van der Waals surface area contributed by atoms with Gasteiger partial charge in [-0.2, -0.15) is 0 Å². The molecule has 0 aliphatic rings. The monoisotopic (exact) mass is 476 g/mol. The molecular formula is C20H21BrN4O3S. The Kier molecular flexibility index (Phi) is 7.54. The van der Waals surface area contributed by atoms with Crippen molar-refractivity contribution in [3.8, 4) is 11.5 Å². The molecule has 1 heterocycles. The van der Waals surface area contributed by atoms with Gasteiger partial charge in [-0.15, -0.1) is 10.2 Å². The molecule has 0 spiro atoms. The number of nitrogens with one attached hydrogen (secondary N) is 1. The SMILES string of the molecule is CCn1c(COc2ccccc2OC)nnc1SCC(=O)Nc1ccc(Br)cc1. The second kappa shape index (κ2) is 10.3. The van der Waals surface area contributed by atoms with Crippen molar-refractivity contribution in [3.63, 3.8) is 0 Å². The maximum absolute atomic E-state index is 12.2. The fourth-order valence-electron chi connectivity index (χ4n) is 2.59. The number of thioether (sulfide) groups is 1. The lowest BCUT2D eigenvalue weighted by Gasteiger charge is -2.11. The number of benzene rings is 2. The number of anilines is 1. The fraction of sp³-hybridized carbons (Fsp3) is 0.250. The van der Waals surface area contributed by atoms with Crippen LogP contribution in [0.2, 0.25) is 0 Å². The van der Waals surface area contributed by atoms with Crippen LogP contribution in [0.5, 0.6) is 11.5 Å². The molecule has 0 radical (unpaired) electrons. The van der Waals surface area contributed by atoms with E-state index in [1.165, 1.54) is 11.8 Å². The van der Waals surface area contributed by atoms with E-state index < -0.39 is 0 Å². The highest BCUT2D eigenvalue weighted by molar-refractivity contribution is 9.10. The van der Waals surface area contributed by atoms with Gasteiger partial charge in [0.15, 0.2) is 22.5 Å². The molecule has 1 aromatic heterocycles. The summed E-state index contributed by atoms with van der Waals surface area (Å²) in [4.78, 5) is 12.2. The number of nitrogens with zero attached hydrogens (tertiary/aromatic N) is 3. The quantitative estimate of drug-likeness (QED) is 0.461. The van der Waals surface area contributed by atoms with Crippen molar-refractivity contribution >= 4 is 39.3 Å². The number of hydrogen-bond acceptors (Lipinski definition) is 6. The molecule has 7 nitrogen and oxygen atoms in total. The molecule has 152 valence electrons. The Hall–Kier alpha value is -2.52. The van der Waals surface area contributed by atoms with Crippen molar-refractivity contribution in [2.24, 2.45) is 0 Å². The van der Waals surface area contributed by atoms with Crippen LogP contribution in [-0.4, -0.2) is 33.5 Å². The molecule has 0 fully saturated rings. The van der Waals surface area contributed by atoms with Crippen molar-refractivity contribution in [2.45, 2.75) is 25.2 Å². The van der Waals surface area contributed by atoms with E-state index >= 15 is 0 Å². The molecule has 0 aliphatic heterocycles. The van der Waals surface area contributed by atoms with E-state index in [1.54, 1.807) is 7.11 Å². The van der Waals surface area contributed by atoms with Gasteiger partial charge in [-0.1, -0.05) is 39.8 Å². The van der Waals surface area contributed by atoms with Crippen LogP contribution in [0.3, 0.4) is 0 Å². The van der Waals surface area contributed by atoms with Crippen LogP contribution in [0.4, 0.5) is 5.69 Å². The Morgan fingerprint density at radius 2 is 1.86 bits per heavy atom. The van der Waals surface area contributed by atoms with Crippen LogP contribution in [0.25, 0.3) is 0 Å². The van der Waals surface area contributed by atoms with E-state index in [9.17, 15) is 4.79 Å². The van der Waals surface area contributed by atoms with E-state index in [-0.39, 0.29) is 18.3 Å². The van der Waals surface area contributed by atoms with Crippen LogP contribution in [-0.2, 0) is 17.9 Å². The van der Waals surface area contributed by atoms with Gasteiger partial charge in [0.05, 0.1) is 12.9 Å². The van der Waals surface area contributed by atoms with Gasteiger partial charge in [0.25, 0.3) is 0 Å². The summed E-state index contributed by atoms with van der Waals surface area (Å²) >= 11 is 4.71. The zero-order valence-electron chi connectivity index (χ0n) is 16.1. The predicted octanol–water partition coefficient (Wildman–Crippen LogP) is 4.38. The Bertz CT molecular complexity index is 963. The number of rotatable bonds is 9. The maximum atomic E-state index is 12.2. The zero-order valence-corrected chi connectivity index (χ0v) is 18.5. The second-order valence-corrected chi connectivity index (χ2v) is 7.78. The van der Waals surface area contributed by atoms with Crippen LogP contribution in [0.1, 0.15) is 12.7 Å². The topological polar surface area (TPSA) is 78.3 Å². The van der Waals surface area contributed by atoms with Gasteiger partial charge >= 0.3 is 0 Å². The van der Waals surface area contributed by atoms with E-state index in [0.717, 1.165) is 10.2 Å². The smallest absolute Gasteiger partial charge is 0.234 e. The van der Waals surface area contributed by atoms with Crippen molar-refractivity contribution in [1.82, 2.24) is 14.8 Å². The van der Waals surface area contributed by atoms with Crippen LogP contribution >= 0.6 is 27.7 Å². The average molecular weight is 477 g/mol.